The van der Waals surface area contributed by atoms with Gasteiger partial charge in [0.25, 0.3) is 0 Å². The molecule has 0 bridgehead atoms. The summed E-state index contributed by atoms with van der Waals surface area (Å²) in [5, 5.41) is 4.96. The number of nitrogens with zero attached hydrogens (tertiary/aromatic N) is 3. The molecule has 0 aliphatic heterocycles. The van der Waals surface area contributed by atoms with Gasteiger partial charge in [0.05, 0.1) is 16.7 Å². The second kappa shape index (κ2) is 6.00. The van der Waals surface area contributed by atoms with Crippen LogP contribution in [0.25, 0.3) is 10.2 Å². The van der Waals surface area contributed by atoms with Gasteiger partial charge in [-0.05, 0) is 38.5 Å². The highest BCUT2D eigenvalue weighted by Gasteiger charge is 2.13. The summed E-state index contributed by atoms with van der Waals surface area (Å²) in [7, 11) is 0. The van der Waals surface area contributed by atoms with E-state index in [1.807, 2.05) is 13.8 Å². The zero-order valence-corrected chi connectivity index (χ0v) is 13.6. The van der Waals surface area contributed by atoms with Gasteiger partial charge in [-0.15, -0.1) is 11.3 Å². The molecule has 0 radical (unpaired) electrons. The van der Waals surface area contributed by atoms with E-state index in [-0.39, 0.29) is 11.3 Å². The van der Waals surface area contributed by atoms with Crippen molar-refractivity contribution in [2.24, 2.45) is 5.10 Å². The van der Waals surface area contributed by atoms with Crippen LogP contribution in [0, 0.1) is 25.5 Å². The molecule has 1 N–H and O–H groups in total. The summed E-state index contributed by atoms with van der Waals surface area (Å²) in [4.78, 5) is 10.4. The van der Waals surface area contributed by atoms with Gasteiger partial charge in [0.1, 0.15) is 22.8 Å². The Morgan fingerprint density at radius 3 is 2.57 bits per heavy atom. The van der Waals surface area contributed by atoms with Crippen LogP contribution in [0.3, 0.4) is 0 Å². The highest BCUT2D eigenvalue weighted by molar-refractivity contribution is 7.18. The van der Waals surface area contributed by atoms with E-state index in [1.165, 1.54) is 24.5 Å². The fourth-order valence-electron chi connectivity index (χ4n) is 2.30. The maximum atomic E-state index is 13.8. The summed E-state index contributed by atoms with van der Waals surface area (Å²) in [6.07, 6.45) is 1.44. The van der Waals surface area contributed by atoms with Gasteiger partial charge in [-0.2, -0.15) is 5.10 Å². The lowest BCUT2D eigenvalue weighted by Crippen LogP contribution is -2.06. The fourth-order valence-corrected chi connectivity index (χ4v) is 3.30. The van der Waals surface area contributed by atoms with Crippen LogP contribution in [0.5, 0.6) is 0 Å². The Bertz CT molecular complexity index is 898. The normalized spacial score (nSPS) is 12.0. The van der Waals surface area contributed by atoms with Gasteiger partial charge < -0.3 is 0 Å². The molecular weight excluding hydrogens is 318 g/mol. The van der Waals surface area contributed by atoms with Gasteiger partial charge in [-0.25, -0.2) is 18.7 Å². The molecule has 0 saturated carbocycles. The van der Waals surface area contributed by atoms with E-state index in [1.54, 1.807) is 18.3 Å². The largest absolute Gasteiger partial charge is 0.260 e. The van der Waals surface area contributed by atoms with Crippen molar-refractivity contribution in [2.75, 3.05) is 5.43 Å². The minimum absolute atomic E-state index is 0.150. The highest BCUT2D eigenvalue weighted by Crippen LogP contribution is 2.32. The number of hydrazone groups is 1. The first-order valence-electron chi connectivity index (χ1n) is 6.94. The molecule has 2 aromatic heterocycles. The summed E-state index contributed by atoms with van der Waals surface area (Å²) >= 11 is 1.57. The SMILES string of the molecule is C/C(=N/Nc1ncnc2sc(C)c(C)c12)c1c(F)cccc1F. The molecule has 0 aliphatic rings. The molecule has 7 heteroatoms. The van der Waals surface area contributed by atoms with Crippen LogP contribution in [0.1, 0.15) is 22.9 Å². The smallest absolute Gasteiger partial charge is 0.158 e. The van der Waals surface area contributed by atoms with Crippen LogP contribution < -0.4 is 5.43 Å². The first-order chi connectivity index (χ1) is 11.0. The molecule has 0 saturated heterocycles. The number of hydrogen-bond acceptors (Lipinski definition) is 5. The van der Waals surface area contributed by atoms with Crippen molar-refractivity contribution < 1.29 is 8.78 Å². The monoisotopic (exact) mass is 332 g/mol. The van der Waals surface area contributed by atoms with Crippen molar-refractivity contribution in [3.63, 3.8) is 0 Å². The molecule has 3 aromatic rings. The Hall–Kier alpha value is -2.41. The molecule has 23 heavy (non-hydrogen) atoms. The number of aromatic nitrogens is 2. The molecular formula is C16H14F2N4S. The lowest BCUT2D eigenvalue weighted by atomic mass is 10.1. The molecule has 118 valence electrons. The second-order valence-electron chi connectivity index (χ2n) is 5.09. The van der Waals surface area contributed by atoms with Gasteiger partial charge in [0.15, 0.2) is 5.82 Å². The number of halogens is 2. The van der Waals surface area contributed by atoms with Crippen molar-refractivity contribution in [3.8, 4) is 0 Å². The summed E-state index contributed by atoms with van der Waals surface area (Å²) in [6.45, 7) is 5.53. The minimum Gasteiger partial charge on any atom is -0.260 e. The number of anilines is 1. The summed E-state index contributed by atoms with van der Waals surface area (Å²) in [5.41, 5.74) is 3.93. The average molecular weight is 332 g/mol. The van der Waals surface area contributed by atoms with E-state index in [0.29, 0.717) is 5.82 Å². The standard InChI is InChI=1S/C16H14F2N4S/c1-8-10(3)23-16-13(8)15(19-7-20-16)22-21-9(2)14-11(17)5-4-6-12(14)18/h4-7H,1-3H3,(H,19,20,22)/b21-9-. The summed E-state index contributed by atoms with van der Waals surface area (Å²) in [6, 6.07) is 3.72. The third kappa shape index (κ3) is 2.79. The molecule has 4 nitrogen and oxygen atoms in total. The van der Waals surface area contributed by atoms with E-state index in [9.17, 15) is 8.78 Å². The highest BCUT2D eigenvalue weighted by atomic mass is 32.1. The predicted molar refractivity (Wildman–Crippen MR) is 89.1 cm³/mol. The Balaban J connectivity index is 2.00. The molecule has 0 unspecified atom stereocenters. The minimum atomic E-state index is -0.650. The van der Waals surface area contributed by atoms with Crippen LogP contribution in [-0.4, -0.2) is 15.7 Å². The summed E-state index contributed by atoms with van der Waals surface area (Å²) < 4.78 is 27.5. The molecule has 0 spiro atoms. The van der Waals surface area contributed by atoms with Crippen LogP contribution >= 0.6 is 11.3 Å². The molecule has 3 rings (SSSR count). The van der Waals surface area contributed by atoms with E-state index < -0.39 is 11.6 Å². The lowest BCUT2D eigenvalue weighted by molar-refractivity contribution is 0.579. The van der Waals surface area contributed by atoms with E-state index in [4.69, 9.17) is 0 Å². The maximum Gasteiger partial charge on any atom is 0.158 e. The molecule has 0 fully saturated rings. The number of aryl methyl sites for hydroxylation is 2. The zero-order valence-electron chi connectivity index (χ0n) is 12.8. The third-order valence-electron chi connectivity index (χ3n) is 3.62. The van der Waals surface area contributed by atoms with Crippen molar-refractivity contribution >= 4 is 33.1 Å². The van der Waals surface area contributed by atoms with Crippen molar-refractivity contribution in [3.05, 3.63) is 52.2 Å². The Kier molecular flexibility index (Phi) is 4.04. The van der Waals surface area contributed by atoms with Crippen LogP contribution in [0.2, 0.25) is 0 Å². The van der Waals surface area contributed by atoms with Crippen LogP contribution in [0.15, 0.2) is 29.6 Å². The molecule has 1 aromatic carbocycles. The van der Waals surface area contributed by atoms with Gasteiger partial charge in [0, 0.05) is 4.88 Å². The number of nitrogens with one attached hydrogen (secondary N) is 1. The second-order valence-corrected chi connectivity index (χ2v) is 6.29. The Morgan fingerprint density at radius 1 is 1.17 bits per heavy atom. The zero-order chi connectivity index (χ0) is 16.6. The van der Waals surface area contributed by atoms with Gasteiger partial charge in [0.2, 0.25) is 0 Å². The van der Waals surface area contributed by atoms with Gasteiger partial charge in [-0.3, -0.25) is 5.43 Å². The van der Waals surface area contributed by atoms with Crippen LogP contribution in [0.4, 0.5) is 14.6 Å². The van der Waals surface area contributed by atoms with Crippen LogP contribution in [-0.2, 0) is 0 Å². The number of hydrogen-bond donors (Lipinski definition) is 1. The first-order valence-corrected chi connectivity index (χ1v) is 7.76. The first kappa shape index (κ1) is 15.5. The van der Waals surface area contributed by atoms with Crippen molar-refractivity contribution in [1.29, 1.82) is 0 Å². The average Bonchev–Trinajstić information content (AvgIpc) is 2.80. The Morgan fingerprint density at radius 2 is 1.87 bits per heavy atom. The molecule has 2 heterocycles. The third-order valence-corrected chi connectivity index (χ3v) is 4.73. The molecule has 0 aliphatic carbocycles. The quantitative estimate of drug-likeness (QED) is 0.570. The van der Waals surface area contributed by atoms with E-state index in [2.05, 4.69) is 20.5 Å². The Labute approximate surface area is 135 Å². The fraction of sp³-hybridized carbons (Fsp3) is 0.188. The maximum absolute atomic E-state index is 13.8. The number of rotatable bonds is 3. The lowest BCUT2D eigenvalue weighted by Gasteiger charge is -2.06. The molecule has 0 amide bonds. The van der Waals surface area contributed by atoms with E-state index in [0.717, 1.165) is 20.7 Å². The summed E-state index contributed by atoms with van der Waals surface area (Å²) in [5.74, 6) is -0.778. The number of fused-ring (bicyclic) bond motifs is 1. The predicted octanol–water partition coefficient (Wildman–Crippen LogP) is 4.42. The number of thiophene rings is 1. The van der Waals surface area contributed by atoms with Crippen molar-refractivity contribution in [1.82, 2.24) is 9.97 Å². The molecule has 0 atom stereocenters. The van der Waals surface area contributed by atoms with Gasteiger partial charge in [-0.1, -0.05) is 6.07 Å². The van der Waals surface area contributed by atoms with Gasteiger partial charge >= 0.3 is 0 Å². The van der Waals surface area contributed by atoms with Crippen molar-refractivity contribution in [2.45, 2.75) is 20.8 Å². The van der Waals surface area contributed by atoms with E-state index >= 15 is 0 Å². The number of benzene rings is 1. The topological polar surface area (TPSA) is 50.2 Å².